The lowest BCUT2D eigenvalue weighted by Crippen LogP contribution is -2.42. The molecule has 132 valence electrons. The van der Waals surface area contributed by atoms with E-state index in [1.54, 1.807) is 7.11 Å². The van der Waals surface area contributed by atoms with Crippen molar-refractivity contribution in [2.24, 2.45) is 5.92 Å². The summed E-state index contributed by atoms with van der Waals surface area (Å²) in [6.45, 7) is 4.29. The SMILES string of the molecule is COc1ccccc1CN1CCC(C(=O)NC[C@@H]2CCCO2)CC1. The molecule has 1 amide bonds. The number of para-hydroxylation sites is 1. The van der Waals surface area contributed by atoms with Crippen molar-refractivity contribution in [3.63, 3.8) is 0 Å². The summed E-state index contributed by atoms with van der Waals surface area (Å²) in [5, 5.41) is 3.07. The van der Waals surface area contributed by atoms with Crippen LogP contribution in [0, 0.1) is 5.92 Å². The van der Waals surface area contributed by atoms with Gasteiger partial charge in [-0.3, -0.25) is 9.69 Å². The predicted molar refractivity (Wildman–Crippen MR) is 93.0 cm³/mol. The number of carbonyl (C=O) groups is 1. The highest BCUT2D eigenvalue weighted by atomic mass is 16.5. The molecular weight excluding hydrogens is 304 g/mol. The monoisotopic (exact) mass is 332 g/mol. The minimum atomic E-state index is 0.139. The van der Waals surface area contributed by atoms with Crippen molar-refractivity contribution >= 4 is 5.91 Å². The molecule has 5 heteroatoms. The van der Waals surface area contributed by atoms with Gasteiger partial charge in [0.15, 0.2) is 0 Å². The van der Waals surface area contributed by atoms with Crippen LogP contribution in [0.3, 0.4) is 0 Å². The lowest BCUT2D eigenvalue weighted by Gasteiger charge is -2.31. The second kappa shape index (κ2) is 8.49. The number of piperidine rings is 1. The molecule has 2 aliphatic rings. The van der Waals surface area contributed by atoms with Crippen LogP contribution < -0.4 is 10.1 Å². The number of benzene rings is 1. The molecule has 1 atom stereocenters. The van der Waals surface area contributed by atoms with Gasteiger partial charge in [-0.25, -0.2) is 0 Å². The minimum absolute atomic E-state index is 0.139. The zero-order valence-corrected chi connectivity index (χ0v) is 14.5. The maximum absolute atomic E-state index is 12.3. The minimum Gasteiger partial charge on any atom is -0.496 e. The van der Waals surface area contributed by atoms with E-state index in [0.717, 1.165) is 57.7 Å². The van der Waals surface area contributed by atoms with Gasteiger partial charge in [-0.05, 0) is 44.8 Å². The third-order valence-electron chi connectivity index (χ3n) is 5.07. The van der Waals surface area contributed by atoms with E-state index in [4.69, 9.17) is 9.47 Å². The molecule has 24 heavy (non-hydrogen) atoms. The summed E-state index contributed by atoms with van der Waals surface area (Å²) < 4.78 is 11.0. The zero-order chi connectivity index (χ0) is 16.8. The topological polar surface area (TPSA) is 50.8 Å². The van der Waals surface area contributed by atoms with E-state index in [1.165, 1.54) is 5.56 Å². The molecule has 2 saturated heterocycles. The molecule has 0 saturated carbocycles. The van der Waals surface area contributed by atoms with E-state index in [0.29, 0.717) is 6.54 Å². The smallest absolute Gasteiger partial charge is 0.223 e. The molecule has 1 aromatic rings. The molecule has 2 heterocycles. The summed E-state index contributed by atoms with van der Waals surface area (Å²) in [7, 11) is 1.71. The van der Waals surface area contributed by atoms with E-state index in [9.17, 15) is 4.79 Å². The Balaban J connectivity index is 1.42. The second-order valence-corrected chi connectivity index (χ2v) is 6.74. The van der Waals surface area contributed by atoms with Gasteiger partial charge in [-0.15, -0.1) is 0 Å². The average Bonchev–Trinajstić information content (AvgIpc) is 3.14. The van der Waals surface area contributed by atoms with E-state index in [1.807, 2.05) is 18.2 Å². The van der Waals surface area contributed by atoms with Crippen molar-refractivity contribution in [3.8, 4) is 5.75 Å². The summed E-state index contributed by atoms with van der Waals surface area (Å²) in [6, 6.07) is 8.15. The molecule has 1 aromatic carbocycles. The Morgan fingerprint density at radius 1 is 1.29 bits per heavy atom. The number of methoxy groups -OCH3 is 1. The Bertz CT molecular complexity index is 535. The van der Waals surface area contributed by atoms with Gasteiger partial charge in [0.2, 0.25) is 5.91 Å². The van der Waals surface area contributed by atoms with Gasteiger partial charge in [0, 0.05) is 31.2 Å². The number of nitrogens with one attached hydrogen (secondary N) is 1. The summed E-state index contributed by atoms with van der Waals surface area (Å²) in [5.41, 5.74) is 1.21. The van der Waals surface area contributed by atoms with Gasteiger partial charge < -0.3 is 14.8 Å². The van der Waals surface area contributed by atoms with Crippen LogP contribution >= 0.6 is 0 Å². The lowest BCUT2D eigenvalue weighted by molar-refractivity contribution is -0.127. The van der Waals surface area contributed by atoms with Crippen LogP contribution in [0.2, 0.25) is 0 Å². The molecule has 0 unspecified atom stereocenters. The first-order chi connectivity index (χ1) is 11.8. The molecule has 5 nitrogen and oxygen atoms in total. The first kappa shape index (κ1) is 17.2. The number of amides is 1. The molecule has 0 aromatic heterocycles. The fourth-order valence-corrected chi connectivity index (χ4v) is 3.59. The standard InChI is InChI=1S/C19H28N2O3/c1-23-18-7-3-2-5-16(18)14-21-10-8-15(9-11-21)19(22)20-13-17-6-4-12-24-17/h2-3,5,7,15,17H,4,6,8-14H2,1H3,(H,20,22)/t17-/m0/s1. The lowest BCUT2D eigenvalue weighted by atomic mass is 9.95. The molecule has 2 aliphatic heterocycles. The van der Waals surface area contributed by atoms with Crippen molar-refractivity contribution in [2.45, 2.75) is 38.3 Å². The first-order valence-corrected chi connectivity index (χ1v) is 9.00. The third-order valence-corrected chi connectivity index (χ3v) is 5.07. The van der Waals surface area contributed by atoms with Crippen LogP contribution in [0.25, 0.3) is 0 Å². The number of ether oxygens (including phenoxy) is 2. The highest BCUT2D eigenvalue weighted by Crippen LogP contribution is 2.23. The van der Waals surface area contributed by atoms with Crippen LogP contribution in [0.5, 0.6) is 5.75 Å². The summed E-state index contributed by atoms with van der Waals surface area (Å²) in [6.07, 6.45) is 4.25. The number of nitrogens with zero attached hydrogens (tertiary/aromatic N) is 1. The van der Waals surface area contributed by atoms with Crippen molar-refractivity contribution in [3.05, 3.63) is 29.8 Å². The van der Waals surface area contributed by atoms with Gasteiger partial charge in [0.05, 0.1) is 13.2 Å². The summed E-state index contributed by atoms with van der Waals surface area (Å²) in [5.74, 6) is 1.27. The fraction of sp³-hybridized carbons (Fsp3) is 0.632. The maximum atomic E-state index is 12.3. The Labute approximate surface area is 144 Å². The Hall–Kier alpha value is -1.59. The Morgan fingerprint density at radius 3 is 2.79 bits per heavy atom. The second-order valence-electron chi connectivity index (χ2n) is 6.74. The van der Waals surface area contributed by atoms with Gasteiger partial charge in [-0.2, -0.15) is 0 Å². The van der Waals surface area contributed by atoms with Crippen LogP contribution in [-0.2, 0) is 16.1 Å². The molecule has 0 radical (unpaired) electrons. The number of hydrogen-bond donors (Lipinski definition) is 1. The number of hydrogen-bond acceptors (Lipinski definition) is 4. The van der Waals surface area contributed by atoms with Crippen LogP contribution in [0.1, 0.15) is 31.2 Å². The van der Waals surface area contributed by atoms with Crippen molar-refractivity contribution in [1.82, 2.24) is 10.2 Å². The molecule has 2 fully saturated rings. The van der Waals surface area contributed by atoms with Crippen molar-refractivity contribution < 1.29 is 14.3 Å². The fourth-order valence-electron chi connectivity index (χ4n) is 3.59. The van der Waals surface area contributed by atoms with E-state index in [-0.39, 0.29) is 17.9 Å². The molecule has 0 aliphatic carbocycles. The van der Waals surface area contributed by atoms with E-state index < -0.39 is 0 Å². The van der Waals surface area contributed by atoms with Crippen molar-refractivity contribution in [1.29, 1.82) is 0 Å². The highest BCUT2D eigenvalue weighted by Gasteiger charge is 2.26. The molecule has 3 rings (SSSR count). The third kappa shape index (κ3) is 4.48. The largest absolute Gasteiger partial charge is 0.496 e. The summed E-state index contributed by atoms with van der Waals surface area (Å²) in [4.78, 5) is 14.7. The van der Waals surface area contributed by atoms with E-state index >= 15 is 0 Å². The van der Waals surface area contributed by atoms with Gasteiger partial charge >= 0.3 is 0 Å². The number of carbonyl (C=O) groups excluding carboxylic acids is 1. The van der Waals surface area contributed by atoms with Gasteiger partial charge in [-0.1, -0.05) is 18.2 Å². The highest BCUT2D eigenvalue weighted by molar-refractivity contribution is 5.78. The maximum Gasteiger partial charge on any atom is 0.223 e. The molecule has 0 spiro atoms. The van der Waals surface area contributed by atoms with Crippen molar-refractivity contribution in [2.75, 3.05) is 33.4 Å². The quantitative estimate of drug-likeness (QED) is 0.868. The molecule has 0 bridgehead atoms. The zero-order valence-electron chi connectivity index (χ0n) is 14.5. The normalized spacial score (nSPS) is 22.5. The molecule has 1 N–H and O–H groups in total. The predicted octanol–water partition coefficient (Wildman–Crippen LogP) is 2.20. The van der Waals surface area contributed by atoms with E-state index in [2.05, 4.69) is 16.3 Å². The van der Waals surface area contributed by atoms with Crippen LogP contribution in [0.4, 0.5) is 0 Å². The Kier molecular flexibility index (Phi) is 6.10. The van der Waals surface area contributed by atoms with Crippen LogP contribution in [-0.4, -0.2) is 50.3 Å². The first-order valence-electron chi connectivity index (χ1n) is 9.00. The molecular formula is C19H28N2O3. The van der Waals surface area contributed by atoms with Gasteiger partial charge in [0.1, 0.15) is 5.75 Å². The number of rotatable bonds is 6. The average molecular weight is 332 g/mol. The summed E-state index contributed by atoms with van der Waals surface area (Å²) >= 11 is 0. The van der Waals surface area contributed by atoms with Gasteiger partial charge in [0.25, 0.3) is 0 Å². The van der Waals surface area contributed by atoms with Crippen LogP contribution in [0.15, 0.2) is 24.3 Å². The Morgan fingerprint density at radius 2 is 2.08 bits per heavy atom. The number of likely N-dealkylation sites (tertiary alicyclic amines) is 1.